The molecule has 2 aromatic rings. The topological polar surface area (TPSA) is 75.3 Å². The van der Waals surface area contributed by atoms with Gasteiger partial charge < -0.3 is 0 Å². The lowest BCUT2D eigenvalue weighted by Gasteiger charge is -2.11. The van der Waals surface area contributed by atoms with E-state index in [4.69, 9.17) is 0 Å². The largest absolute Gasteiger partial charge is 0.277 e. The van der Waals surface area contributed by atoms with Gasteiger partial charge in [-0.05, 0) is 47.7 Å². The zero-order chi connectivity index (χ0) is 18.4. The molecule has 0 aromatic heterocycles. The Morgan fingerprint density at radius 2 is 1.68 bits per heavy atom. The van der Waals surface area contributed by atoms with Gasteiger partial charge in [-0.1, -0.05) is 38.1 Å². The lowest BCUT2D eigenvalue weighted by molar-refractivity contribution is -0.120. The summed E-state index contributed by atoms with van der Waals surface area (Å²) in [6, 6.07) is 12.0. The number of hydrogen-bond donors (Lipinski definition) is 2. The van der Waals surface area contributed by atoms with Crippen molar-refractivity contribution in [2.45, 2.75) is 37.5 Å². The lowest BCUT2D eigenvalue weighted by Crippen LogP contribution is -2.42. The third kappa shape index (κ3) is 5.37. The number of carbonyl (C=O) groups excluding carboxylic acids is 1. The molecule has 0 saturated carbocycles. The van der Waals surface area contributed by atoms with Crippen LogP contribution in [0.1, 0.15) is 37.3 Å². The number of hydrogen-bond acceptors (Lipinski definition) is 3. The van der Waals surface area contributed by atoms with Gasteiger partial charge in [0.1, 0.15) is 5.82 Å². The van der Waals surface area contributed by atoms with Crippen molar-refractivity contribution in [1.29, 1.82) is 0 Å². The van der Waals surface area contributed by atoms with E-state index < -0.39 is 21.7 Å². The summed E-state index contributed by atoms with van der Waals surface area (Å²) in [5.74, 6) is -0.586. The van der Waals surface area contributed by atoms with Crippen LogP contribution in [0.15, 0.2) is 53.4 Å². The highest BCUT2D eigenvalue weighted by molar-refractivity contribution is 7.89. The Kier molecular flexibility index (Phi) is 6.27. The van der Waals surface area contributed by atoms with E-state index in [1.165, 1.54) is 36.4 Å². The van der Waals surface area contributed by atoms with Gasteiger partial charge in [0.2, 0.25) is 5.91 Å². The normalized spacial score (nSPS) is 12.6. The van der Waals surface area contributed by atoms with Crippen LogP contribution in [0.5, 0.6) is 0 Å². The van der Waals surface area contributed by atoms with Gasteiger partial charge in [0, 0.05) is 0 Å². The molecule has 1 atom stereocenters. The van der Waals surface area contributed by atoms with Crippen LogP contribution in [-0.4, -0.2) is 14.3 Å². The predicted octanol–water partition coefficient (Wildman–Crippen LogP) is 2.89. The molecule has 0 aliphatic rings. The minimum Gasteiger partial charge on any atom is -0.277 e. The molecule has 2 aromatic carbocycles. The van der Waals surface area contributed by atoms with E-state index in [9.17, 15) is 17.6 Å². The number of halogens is 1. The van der Waals surface area contributed by atoms with Crippen molar-refractivity contribution in [2.75, 3.05) is 0 Å². The Hall–Kier alpha value is -2.25. The second kappa shape index (κ2) is 8.22. The summed E-state index contributed by atoms with van der Waals surface area (Å²) >= 11 is 0. The predicted molar refractivity (Wildman–Crippen MR) is 93.7 cm³/mol. The highest BCUT2D eigenvalue weighted by Gasteiger charge is 2.15. The zero-order valence-electron chi connectivity index (χ0n) is 14.1. The van der Waals surface area contributed by atoms with E-state index >= 15 is 0 Å². The van der Waals surface area contributed by atoms with Crippen molar-refractivity contribution in [2.24, 2.45) is 0 Å². The molecule has 5 nitrogen and oxygen atoms in total. The van der Waals surface area contributed by atoms with Crippen molar-refractivity contribution in [3.05, 3.63) is 65.5 Å². The molecule has 7 heteroatoms. The van der Waals surface area contributed by atoms with Crippen molar-refractivity contribution in [3.8, 4) is 0 Å². The SMILES string of the molecule is CC[C@@H](C)c1ccc(S(=O)(=O)NNC(=O)Cc2ccc(F)cc2)cc1. The first kappa shape index (κ1) is 19.1. The standard InChI is InChI=1S/C18H21FN2O3S/c1-3-13(2)15-6-10-17(11-7-15)25(23,24)21-20-18(22)12-14-4-8-16(19)9-5-14/h4-11,13,21H,3,12H2,1-2H3,(H,20,22)/t13-/m1/s1. The first-order valence-electron chi connectivity index (χ1n) is 7.97. The van der Waals surface area contributed by atoms with Gasteiger partial charge in [-0.3, -0.25) is 10.2 Å². The Balaban J connectivity index is 1.96. The van der Waals surface area contributed by atoms with E-state index in [-0.39, 0.29) is 11.3 Å². The fourth-order valence-corrected chi connectivity index (χ4v) is 3.09. The molecule has 0 bridgehead atoms. The molecule has 0 radical (unpaired) electrons. The summed E-state index contributed by atoms with van der Waals surface area (Å²) in [5, 5.41) is 0. The van der Waals surface area contributed by atoms with Gasteiger partial charge in [-0.15, -0.1) is 4.83 Å². The van der Waals surface area contributed by atoms with Crippen LogP contribution in [0.3, 0.4) is 0 Å². The monoisotopic (exact) mass is 364 g/mol. The minimum atomic E-state index is -3.85. The van der Waals surface area contributed by atoms with Crippen LogP contribution in [-0.2, 0) is 21.2 Å². The average Bonchev–Trinajstić information content (AvgIpc) is 2.61. The van der Waals surface area contributed by atoms with Crippen molar-refractivity contribution in [3.63, 3.8) is 0 Å². The van der Waals surface area contributed by atoms with Crippen LogP contribution >= 0.6 is 0 Å². The van der Waals surface area contributed by atoms with E-state index in [0.29, 0.717) is 11.5 Å². The fourth-order valence-electron chi connectivity index (χ4n) is 2.23. The van der Waals surface area contributed by atoms with E-state index in [0.717, 1.165) is 12.0 Å². The Morgan fingerprint density at radius 3 is 2.24 bits per heavy atom. The lowest BCUT2D eigenvalue weighted by atomic mass is 9.99. The summed E-state index contributed by atoms with van der Waals surface area (Å²) < 4.78 is 37.2. The van der Waals surface area contributed by atoms with Gasteiger partial charge in [0.05, 0.1) is 11.3 Å². The average molecular weight is 364 g/mol. The van der Waals surface area contributed by atoms with Gasteiger partial charge >= 0.3 is 0 Å². The third-order valence-electron chi connectivity index (χ3n) is 3.97. The number of nitrogens with one attached hydrogen (secondary N) is 2. The summed E-state index contributed by atoms with van der Waals surface area (Å²) in [6.45, 7) is 4.13. The molecule has 0 aliphatic heterocycles. The molecule has 0 unspecified atom stereocenters. The molecule has 134 valence electrons. The maximum Gasteiger partial charge on any atom is 0.257 e. The molecule has 0 fully saturated rings. The fraction of sp³-hybridized carbons (Fsp3) is 0.278. The number of benzene rings is 2. The van der Waals surface area contributed by atoms with Crippen LogP contribution in [0.2, 0.25) is 0 Å². The summed E-state index contributed by atoms with van der Waals surface area (Å²) in [5.41, 5.74) is 3.80. The summed E-state index contributed by atoms with van der Waals surface area (Å²) in [7, 11) is -3.85. The van der Waals surface area contributed by atoms with E-state index in [2.05, 4.69) is 24.1 Å². The Labute approximate surface area is 147 Å². The van der Waals surface area contributed by atoms with E-state index in [1.54, 1.807) is 12.1 Å². The molecule has 1 amide bonds. The number of sulfonamides is 1. The molecule has 2 N–H and O–H groups in total. The third-order valence-corrected chi connectivity index (χ3v) is 5.24. The second-order valence-corrected chi connectivity index (χ2v) is 7.52. The van der Waals surface area contributed by atoms with E-state index in [1.807, 2.05) is 0 Å². The van der Waals surface area contributed by atoms with Crippen molar-refractivity contribution in [1.82, 2.24) is 10.3 Å². The molecular formula is C18H21FN2O3S. The molecule has 0 spiro atoms. The smallest absolute Gasteiger partial charge is 0.257 e. The number of carbonyl (C=O) groups is 1. The summed E-state index contributed by atoms with van der Waals surface area (Å²) in [6.07, 6.45) is 0.902. The molecule has 2 rings (SSSR count). The number of hydrazine groups is 1. The molecule has 0 heterocycles. The molecule has 0 saturated heterocycles. The molecular weight excluding hydrogens is 343 g/mol. The van der Waals surface area contributed by atoms with Gasteiger partial charge in [0.25, 0.3) is 10.0 Å². The van der Waals surface area contributed by atoms with Crippen LogP contribution < -0.4 is 10.3 Å². The first-order chi connectivity index (χ1) is 11.8. The number of amides is 1. The Bertz CT molecular complexity index is 818. The minimum absolute atomic E-state index is 0.0598. The zero-order valence-corrected chi connectivity index (χ0v) is 14.9. The highest BCUT2D eigenvalue weighted by atomic mass is 32.2. The van der Waals surface area contributed by atoms with Crippen molar-refractivity contribution < 1.29 is 17.6 Å². The quantitative estimate of drug-likeness (QED) is 0.742. The molecule has 25 heavy (non-hydrogen) atoms. The second-order valence-electron chi connectivity index (χ2n) is 5.84. The van der Waals surface area contributed by atoms with Crippen LogP contribution in [0.25, 0.3) is 0 Å². The van der Waals surface area contributed by atoms with Crippen LogP contribution in [0.4, 0.5) is 4.39 Å². The Morgan fingerprint density at radius 1 is 1.08 bits per heavy atom. The first-order valence-corrected chi connectivity index (χ1v) is 9.45. The van der Waals surface area contributed by atoms with Crippen LogP contribution in [0, 0.1) is 5.82 Å². The van der Waals surface area contributed by atoms with Gasteiger partial charge in [0.15, 0.2) is 0 Å². The van der Waals surface area contributed by atoms with Crippen molar-refractivity contribution >= 4 is 15.9 Å². The van der Waals surface area contributed by atoms with Gasteiger partial charge in [-0.25, -0.2) is 12.8 Å². The summed E-state index contributed by atoms with van der Waals surface area (Å²) in [4.78, 5) is 14.0. The number of rotatable bonds is 7. The molecule has 0 aliphatic carbocycles. The van der Waals surface area contributed by atoms with Gasteiger partial charge in [-0.2, -0.15) is 0 Å². The highest BCUT2D eigenvalue weighted by Crippen LogP contribution is 2.20. The maximum absolute atomic E-state index is 12.8. The maximum atomic E-state index is 12.8.